The summed E-state index contributed by atoms with van der Waals surface area (Å²) in [5.41, 5.74) is 5.48. The molecule has 31 heavy (non-hydrogen) atoms. The van der Waals surface area contributed by atoms with E-state index in [1.165, 1.54) is 17.6 Å². The first-order valence-electron chi connectivity index (χ1n) is 10.7. The molecule has 0 amide bonds. The van der Waals surface area contributed by atoms with Crippen molar-refractivity contribution in [1.82, 2.24) is 0 Å². The largest absolute Gasteiger partial charge is 0.311 e. The topological polar surface area (TPSA) is 3.24 Å². The van der Waals surface area contributed by atoms with E-state index in [2.05, 4.69) is 100 Å². The second-order valence-electron chi connectivity index (χ2n) is 7.24. The van der Waals surface area contributed by atoms with Gasteiger partial charge in [0.1, 0.15) is 0 Å². The molecule has 0 atom stereocenters. The fourth-order valence-corrected chi connectivity index (χ4v) is 3.28. The summed E-state index contributed by atoms with van der Waals surface area (Å²) in [6.45, 7) is 18.5. The molecule has 0 aliphatic rings. The number of nitrogens with zero attached hydrogens (tertiary/aromatic N) is 1. The molecule has 1 heteroatoms. The Morgan fingerprint density at radius 1 is 0.839 bits per heavy atom. The summed E-state index contributed by atoms with van der Waals surface area (Å²) in [6, 6.07) is 27.0. The van der Waals surface area contributed by atoms with Gasteiger partial charge in [-0.2, -0.15) is 0 Å². The van der Waals surface area contributed by atoms with Gasteiger partial charge in [0, 0.05) is 17.1 Å². The Balaban J connectivity index is 0.00000107. The molecule has 0 aliphatic heterocycles. The van der Waals surface area contributed by atoms with E-state index in [4.69, 9.17) is 0 Å². The third-order valence-corrected chi connectivity index (χ3v) is 4.73. The molecule has 0 bridgehead atoms. The lowest BCUT2D eigenvalue weighted by Crippen LogP contribution is -2.27. The van der Waals surface area contributed by atoms with E-state index in [0.717, 1.165) is 27.5 Å². The molecule has 0 aliphatic carbocycles. The standard InChI is InChI=1S/C27H25N.C3H8/c1-5-13-24(6-2)28(25-16-11-8-12-17-25)26-19-18-21(3)27(20-26)22(4)23-14-9-7-10-15-23;1-3-2/h5-20H,1-3H2,4H3;3H2,1-2H3/b24-13+,27-22+;. The lowest BCUT2D eigenvalue weighted by atomic mass is 10.0. The van der Waals surface area contributed by atoms with Crippen LogP contribution in [-0.4, -0.2) is 0 Å². The van der Waals surface area contributed by atoms with Gasteiger partial charge in [0.15, 0.2) is 0 Å². The maximum absolute atomic E-state index is 4.25. The van der Waals surface area contributed by atoms with Gasteiger partial charge in [-0.1, -0.05) is 101 Å². The van der Waals surface area contributed by atoms with Crippen LogP contribution in [0.15, 0.2) is 116 Å². The van der Waals surface area contributed by atoms with Gasteiger partial charge >= 0.3 is 0 Å². The average molecular weight is 408 g/mol. The van der Waals surface area contributed by atoms with Crippen molar-refractivity contribution in [2.75, 3.05) is 4.90 Å². The van der Waals surface area contributed by atoms with Gasteiger partial charge in [-0.25, -0.2) is 0 Å². The minimum absolute atomic E-state index is 0.960. The van der Waals surface area contributed by atoms with Crippen molar-refractivity contribution >= 4 is 23.5 Å². The van der Waals surface area contributed by atoms with Crippen LogP contribution < -0.4 is 15.3 Å². The van der Waals surface area contributed by atoms with Crippen LogP contribution in [0.2, 0.25) is 0 Å². The van der Waals surface area contributed by atoms with E-state index in [9.17, 15) is 0 Å². The van der Waals surface area contributed by atoms with Crippen molar-refractivity contribution in [2.45, 2.75) is 27.2 Å². The number of para-hydroxylation sites is 1. The Bertz CT molecular complexity index is 1120. The van der Waals surface area contributed by atoms with Gasteiger partial charge in [0.05, 0.1) is 0 Å². The van der Waals surface area contributed by atoms with Crippen LogP contribution >= 0.6 is 0 Å². The van der Waals surface area contributed by atoms with Gasteiger partial charge in [0.25, 0.3) is 0 Å². The summed E-state index contributed by atoms with van der Waals surface area (Å²) < 4.78 is 0. The van der Waals surface area contributed by atoms with E-state index in [-0.39, 0.29) is 0 Å². The maximum atomic E-state index is 4.25. The van der Waals surface area contributed by atoms with Crippen molar-refractivity contribution in [3.05, 3.63) is 132 Å². The summed E-state index contributed by atoms with van der Waals surface area (Å²) in [5, 5.41) is 2.14. The highest BCUT2D eigenvalue weighted by atomic mass is 15.1. The molecule has 0 aromatic heterocycles. The van der Waals surface area contributed by atoms with Crippen molar-refractivity contribution in [1.29, 1.82) is 0 Å². The third-order valence-electron chi connectivity index (χ3n) is 4.73. The smallest absolute Gasteiger partial charge is 0.0468 e. The van der Waals surface area contributed by atoms with Crippen molar-refractivity contribution in [3.8, 4) is 0 Å². The molecule has 3 aromatic carbocycles. The van der Waals surface area contributed by atoms with Crippen molar-refractivity contribution < 1.29 is 0 Å². The van der Waals surface area contributed by atoms with Gasteiger partial charge in [-0.3, -0.25) is 0 Å². The highest BCUT2D eigenvalue weighted by Crippen LogP contribution is 2.29. The van der Waals surface area contributed by atoms with Crippen LogP contribution in [0.25, 0.3) is 12.2 Å². The first kappa shape index (κ1) is 23.7. The van der Waals surface area contributed by atoms with E-state index in [0.29, 0.717) is 0 Å². The number of hydrogen-bond donors (Lipinski definition) is 0. The van der Waals surface area contributed by atoms with Gasteiger partial charge in [0.2, 0.25) is 0 Å². The summed E-state index contributed by atoms with van der Waals surface area (Å²) in [7, 11) is 0. The third kappa shape index (κ3) is 6.20. The highest BCUT2D eigenvalue weighted by Gasteiger charge is 2.12. The SMILES string of the molecule is C=C/C=C(\C=C)N(c1ccccc1)c1ccc(=C)/c(=C(\C)c2ccccc2)c1.CCC. The molecule has 0 fully saturated rings. The molecule has 158 valence electrons. The first-order chi connectivity index (χ1) is 15.1. The van der Waals surface area contributed by atoms with E-state index in [1.807, 2.05) is 36.4 Å². The van der Waals surface area contributed by atoms with Crippen LogP contribution in [0.5, 0.6) is 0 Å². The molecule has 0 saturated heterocycles. The Kier molecular flexibility index (Phi) is 9.32. The Hall–Kier alpha value is -3.58. The van der Waals surface area contributed by atoms with Crippen molar-refractivity contribution in [2.24, 2.45) is 0 Å². The molecule has 0 saturated carbocycles. The van der Waals surface area contributed by atoms with Gasteiger partial charge in [-0.15, -0.1) is 0 Å². The number of hydrogen-bond acceptors (Lipinski definition) is 1. The number of benzene rings is 3. The van der Waals surface area contributed by atoms with Crippen molar-refractivity contribution in [3.63, 3.8) is 0 Å². The first-order valence-corrected chi connectivity index (χ1v) is 10.7. The van der Waals surface area contributed by atoms with E-state index >= 15 is 0 Å². The minimum atomic E-state index is 0.960. The predicted octanol–water partition coefficient (Wildman–Crippen LogP) is 7.13. The molecule has 3 aromatic rings. The predicted molar refractivity (Wildman–Crippen MR) is 139 cm³/mol. The van der Waals surface area contributed by atoms with Gasteiger partial charge < -0.3 is 4.90 Å². The normalized spacial score (nSPS) is 11.6. The molecule has 0 spiro atoms. The molecular weight excluding hydrogens is 374 g/mol. The second kappa shape index (κ2) is 12.2. The summed E-state index contributed by atoms with van der Waals surface area (Å²) >= 11 is 0. The summed E-state index contributed by atoms with van der Waals surface area (Å²) in [6.07, 6.45) is 6.84. The molecule has 1 nitrogen and oxygen atoms in total. The zero-order valence-electron chi connectivity index (χ0n) is 19.0. The lowest BCUT2D eigenvalue weighted by Gasteiger charge is -2.26. The Morgan fingerprint density at radius 2 is 1.42 bits per heavy atom. The lowest BCUT2D eigenvalue weighted by molar-refractivity contribution is 1.09. The highest BCUT2D eigenvalue weighted by molar-refractivity contribution is 5.72. The van der Waals surface area contributed by atoms with Crippen LogP contribution in [0, 0.1) is 0 Å². The van der Waals surface area contributed by atoms with E-state index < -0.39 is 0 Å². The van der Waals surface area contributed by atoms with Crippen LogP contribution in [0.1, 0.15) is 32.8 Å². The Morgan fingerprint density at radius 3 is 1.97 bits per heavy atom. The zero-order chi connectivity index (χ0) is 22.6. The quantitative estimate of drug-likeness (QED) is 0.393. The molecule has 0 unspecified atom stereocenters. The van der Waals surface area contributed by atoms with Crippen LogP contribution in [0.4, 0.5) is 11.4 Å². The number of allylic oxidation sites excluding steroid dienone is 3. The Labute approximate surface area is 187 Å². The maximum Gasteiger partial charge on any atom is 0.0468 e. The summed E-state index contributed by atoms with van der Waals surface area (Å²) in [5.74, 6) is 0. The fourth-order valence-electron chi connectivity index (χ4n) is 3.28. The molecule has 3 rings (SSSR count). The molecule has 0 N–H and O–H groups in total. The van der Waals surface area contributed by atoms with Crippen LogP contribution in [0.3, 0.4) is 0 Å². The minimum Gasteiger partial charge on any atom is -0.311 e. The summed E-state index contributed by atoms with van der Waals surface area (Å²) in [4.78, 5) is 2.18. The second-order valence-corrected chi connectivity index (χ2v) is 7.24. The number of rotatable bonds is 6. The van der Waals surface area contributed by atoms with Crippen LogP contribution in [-0.2, 0) is 0 Å². The molecular formula is C30H33N. The zero-order valence-corrected chi connectivity index (χ0v) is 19.0. The molecule has 0 radical (unpaired) electrons. The van der Waals surface area contributed by atoms with Gasteiger partial charge in [-0.05, 0) is 64.9 Å². The molecule has 0 heterocycles. The average Bonchev–Trinajstić information content (AvgIpc) is 2.81. The number of anilines is 2. The fraction of sp³-hybridized carbons (Fsp3) is 0.133. The monoisotopic (exact) mass is 407 g/mol. The van der Waals surface area contributed by atoms with E-state index in [1.54, 1.807) is 6.08 Å².